The van der Waals surface area contributed by atoms with Crippen molar-refractivity contribution in [2.24, 2.45) is 5.92 Å². The molecule has 0 radical (unpaired) electrons. The summed E-state index contributed by atoms with van der Waals surface area (Å²) in [4.78, 5) is 20.1. The Kier molecular flexibility index (Phi) is 3.44. The van der Waals surface area contributed by atoms with Crippen LogP contribution in [0.15, 0.2) is 0 Å². The van der Waals surface area contributed by atoms with Crippen molar-refractivity contribution in [3.8, 4) is 0 Å². The molecule has 2 N–H and O–H groups in total. The van der Waals surface area contributed by atoms with Crippen LogP contribution in [0.5, 0.6) is 0 Å². The number of nitrogens with one attached hydrogen (secondary N) is 2. The Morgan fingerprint density at radius 2 is 2.23 bits per heavy atom. The number of nitrogens with zero attached hydrogens (tertiary/aromatic N) is 3. The Morgan fingerprint density at radius 3 is 3.05 bits per heavy atom. The summed E-state index contributed by atoms with van der Waals surface area (Å²) >= 11 is 1.63. The zero-order valence-corrected chi connectivity index (χ0v) is 13.4. The highest BCUT2D eigenvalue weighted by Gasteiger charge is 2.28. The highest BCUT2D eigenvalue weighted by atomic mass is 32.1. The second kappa shape index (κ2) is 5.46. The third kappa shape index (κ3) is 2.77. The Morgan fingerprint density at radius 1 is 1.36 bits per heavy atom. The minimum Gasteiger partial charge on any atom is -0.349 e. The zero-order valence-electron chi connectivity index (χ0n) is 12.6. The van der Waals surface area contributed by atoms with Gasteiger partial charge in [-0.2, -0.15) is 0 Å². The monoisotopic (exact) mass is 317 g/mol. The minimum atomic E-state index is 0.0307. The lowest BCUT2D eigenvalue weighted by Gasteiger charge is -2.20. The Hall–Kier alpha value is -1.76. The maximum atomic E-state index is 12.4. The fraction of sp³-hybridized carbons (Fsp3) is 0.600. The van der Waals surface area contributed by atoms with Crippen LogP contribution in [0.4, 0.5) is 0 Å². The van der Waals surface area contributed by atoms with Gasteiger partial charge >= 0.3 is 0 Å². The van der Waals surface area contributed by atoms with E-state index >= 15 is 0 Å². The normalized spacial score (nSPS) is 20.7. The second-order valence-corrected chi connectivity index (χ2v) is 7.31. The third-order valence-electron chi connectivity index (χ3n) is 4.36. The molecule has 0 aromatic carbocycles. The molecule has 0 aliphatic heterocycles. The van der Waals surface area contributed by atoms with Gasteiger partial charge < -0.3 is 10.3 Å². The van der Waals surface area contributed by atoms with E-state index in [1.165, 1.54) is 12.8 Å². The van der Waals surface area contributed by atoms with E-state index in [4.69, 9.17) is 0 Å². The standard InChI is InChI=1S/C15H19N5OS/c1-8-17-11-5-4-10(6-12(11)18-8)14(21)16-7-13-19-20-15(22-13)9-2-3-9/h9-10H,2-7H2,1H3,(H,16,21)(H,17,18). The van der Waals surface area contributed by atoms with Gasteiger partial charge in [0.25, 0.3) is 0 Å². The van der Waals surface area contributed by atoms with Gasteiger partial charge in [-0.1, -0.05) is 11.3 Å². The van der Waals surface area contributed by atoms with Crippen LogP contribution in [0.25, 0.3) is 0 Å². The lowest BCUT2D eigenvalue weighted by molar-refractivity contribution is -0.125. The molecular weight excluding hydrogens is 298 g/mol. The van der Waals surface area contributed by atoms with Crippen LogP contribution in [0.3, 0.4) is 0 Å². The summed E-state index contributed by atoms with van der Waals surface area (Å²) in [5, 5.41) is 13.4. The van der Waals surface area contributed by atoms with E-state index in [-0.39, 0.29) is 11.8 Å². The second-order valence-electron chi connectivity index (χ2n) is 6.21. The molecule has 2 aromatic rings. The summed E-state index contributed by atoms with van der Waals surface area (Å²) in [7, 11) is 0. The van der Waals surface area contributed by atoms with Crippen molar-refractivity contribution >= 4 is 17.2 Å². The average Bonchev–Trinajstić information content (AvgIpc) is 3.13. The predicted molar refractivity (Wildman–Crippen MR) is 82.6 cm³/mol. The van der Waals surface area contributed by atoms with E-state index in [1.54, 1.807) is 11.3 Å². The molecule has 4 rings (SSSR count). The molecule has 2 aromatic heterocycles. The molecule has 0 saturated heterocycles. The first kappa shape index (κ1) is 13.9. The summed E-state index contributed by atoms with van der Waals surface area (Å²) in [6.07, 6.45) is 4.96. The highest BCUT2D eigenvalue weighted by Crippen LogP contribution is 2.41. The number of aromatic amines is 1. The fourth-order valence-corrected chi connectivity index (χ4v) is 3.94. The largest absolute Gasteiger partial charge is 0.349 e. The molecule has 1 amide bonds. The van der Waals surface area contributed by atoms with Crippen molar-refractivity contribution in [3.05, 3.63) is 27.2 Å². The first-order valence-electron chi connectivity index (χ1n) is 7.83. The van der Waals surface area contributed by atoms with E-state index in [1.807, 2.05) is 6.92 Å². The lowest BCUT2D eigenvalue weighted by Crippen LogP contribution is -2.33. The number of carbonyl (C=O) groups excluding carboxylic acids is 1. The van der Waals surface area contributed by atoms with Crippen molar-refractivity contribution in [2.75, 3.05) is 0 Å². The summed E-state index contributed by atoms with van der Waals surface area (Å²) in [5.41, 5.74) is 2.25. The van der Waals surface area contributed by atoms with Gasteiger partial charge in [-0.3, -0.25) is 4.79 Å². The molecule has 22 heavy (non-hydrogen) atoms. The molecule has 1 saturated carbocycles. The van der Waals surface area contributed by atoms with Gasteiger partial charge in [-0.15, -0.1) is 10.2 Å². The number of fused-ring (bicyclic) bond motifs is 1. The fourth-order valence-electron chi connectivity index (χ4n) is 2.99. The Balaban J connectivity index is 1.34. The molecule has 0 spiro atoms. The van der Waals surface area contributed by atoms with Crippen LogP contribution < -0.4 is 5.32 Å². The van der Waals surface area contributed by atoms with Crippen LogP contribution in [-0.2, 0) is 24.2 Å². The summed E-state index contributed by atoms with van der Waals surface area (Å²) < 4.78 is 0. The number of hydrogen-bond donors (Lipinski definition) is 2. The lowest BCUT2D eigenvalue weighted by atomic mass is 9.89. The maximum Gasteiger partial charge on any atom is 0.223 e. The highest BCUT2D eigenvalue weighted by molar-refractivity contribution is 7.11. The molecule has 0 bridgehead atoms. The summed E-state index contributed by atoms with van der Waals surface area (Å²) in [5.74, 6) is 1.71. The van der Waals surface area contributed by atoms with Crippen molar-refractivity contribution < 1.29 is 4.79 Å². The molecule has 1 fully saturated rings. The zero-order chi connectivity index (χ0) is 15.1. The van der Waals surface area contributed by atoms with Gasteiger partial charge in [0.1, 0.15) is 15.8 Å². The van der Waals surface area contributed by atoms with Crippen LogP contribution in [0.2, 0.25) is 0 Å². The number of aromatic nitrogens is 4. The number of hydrogen-bond acceptors (Lipinski definition) is 5. The van der Waals surface area contributed by atoms with Crippen molar-refractivity contribution in [1.82, 2.24) is 25.5 Å². The predicted octanol–water partition coefficient (Wildman–Crippen LogP) is 1.87. The maximum absolute atomic E-state index is 12.4. The van der Waals surface area contributed by atoms with E-state index < -0.39 is 0 Å². The Bertz CT molecular complexity index is 703. The van der Waals surface area contributed by atoms with Crippen LogP contribution in [0, 0.1) is 12.8 Å². The summed E-state index contributed by atoms with van der Waals surface area (Å²) in [6.45, 7) is 2.45. The van der Waals surface area contributed by atoms with Crippen LogP contribution in [0.1, 0.15) is 52.4 Å². The van der Waals surface area contributed by atoms with Gasteiger partial charge in [-0.05, 0) is 32.6 Å². The smallest absolute Gasteiger partial charge is 0.223 e. The number of imidazole rings is 1. The topological polar surface area (TPSA) is 83.6 Å². The quantitative estimate of drug-likeness (QED) is 0.901. The van der Waals surface area contributed by atoms with Gasteiger partial charge in [-0.25, -0.2) is 4.98 Å². The molecule has 116 valence electrons. The molecule has 2 heterocycles. The molecule has 2 aliphatic carbocycles. The number of rotatable bonds is 4. The van der Waals surface area contributed by atoms with E-state index in [9.17, 15) is 4.79 Å². The van der Waals surface area contributed by atoms with Crippen molar-refractivity contribution in [2.45, 2.75) is 51.5 Å². The number of aryl methyl sites for hydroxylation is 2. The average molecular weight is 317 g/mol. The number of carbonyl (C=O) groups is 1. The first-order chi connectivity index (χ1) is 10.7. The van der Waals surface area contributed by atoms with Crippen molar-refractivity contribution in [1.29, 1.82) is 0 Å². The van der Waals surface area contributed by atoms with Gasteiger partial charge in [0.15, 0.2) is 0 Å². The molecule has 1 atom stereocenters. The van der Waals surface area contributed by atoms with E-state index in [0.29, 0.717) is 12.5 Å². The van der Waals surface area contributed by atoms with Gasteiger partial charge in [0.05, 0.1) is 12.2 Å². The molecule has 7 heteroatoms. The molecular formula is C15H19N5OS. The minimum absolute atomic E-state index is 0.0307. The third-order valence-corrected chi connectivity index (χ3v) is 5.44. The molecule has 2 aliphatic rings. The van der Waals surface area contributed by atoms with Crippen LogP contribution >= 0.6 is 11.3 Å². The number of H-pyrrole nitrogens is 1. The van der Waals surface area contributed by atoms with E-state index in [0.717, 1.165) is 46.5 Å². The van der Waals surface area contributed by atoms with Crippen molar-refractivity contribution in [3.63, 3.8) is 0 Å². The molecule has 1 unspecified atom stereocenters. The van der Waals surface area contributed by atoms with Gasteiger partial charge in [0, 0.05) is 24.0 Å². The first-order valence-corrected chi connectivity index (χ1v) is 8.65. The van der Waals surface area contributed by atoms with Gasteiger partial charge in [0.2, 0.25) is 5.91 Å². The SMILES string of the molecule is Cc1nc2c([nH]1)CC(C(=O)NCc1nnc(C3CC3)s1)CC2. The number of amides is 1. The Labute approximate surface area is 132 Å². The van der Waals surface area contributed by atoms with E-state index in [2.05, 4.69) is 25.5 Å². The molecule has 6 nitrogen and oxygen atoms in total. The summed E-state index contributed by atoms with van der Waals surface area (Å²) in [6, 6.07) is 0. The van der Waals surface area contributed by atoms with Crippen LogP contribution in [-0.4, -0.2) is 26.1 Å².